The second kappa shape index (κ2) is 5.84. The van der Waals surface area contributed by atoms with Crippen molar-refractivity contribution < 1.29 is 0 Å². The summed E-state index contributed by atoms with van der Waals surface area (Å²) < 4.78 is 1.68. The molecular weight excluding hydrogens is 317 g/mol. The Hall–Kier alpha value is -2.28. The Morgan fingerprint density at radius 3 is 2.50 bits per heavy atom. The Bertz CT molecular complexity index is 891. The third kappa shape index (κ3) is 2.59. The molecular formula is C17H11Cl2N3. The van der Waals surface area contributed by atoms with Crippen LogP contribution in [0.25, 0.3) is 16.9 Å². The standard InChI is InChI=1S/C17H11Cl2N3/c1-11-8-12(6-7-14(11)18)17-9-13(10-20)21-22(17)16-5-3-2-4-15(16)19/h2-9H,1H3. The average molecular weight is 328 g/mol. The number of halogens is 2. The predicted octanol–water partition coefficient (Wildman–Crippen LogP) is 5.03. The van der Waals surface area contributed by atoms with Crippen molar-refractivity contribution in [3.63, 3.8) is 0 Å². The van der Waals surface area contributed by atoms with Crippen molar-refractivity contribution in [2.75, 3.05) is 0 Å². The lowest BCUT2D eigenvalue weighted by atomic mass is 10.1. The average Bonchev–Trinajstić information content (AvgIpc) is 2.94. The lowest BCUT2D eigenvalue weighted by Gasteiger charge is -2.10. The fraction of sp³-hybridized carbons (Fsp3) is 0.0588. The Morgan fingerprint density at radius 2 is 1.82 bits per heavy atom. The van der Waals surface area contributed by atoms with Gasteiger partial charge in [0.15, 0.2) is 5.69 Å². The summed E-state index contributed by atoms with van der Waals surface area (Å²) in [6.45, 7) is 1.94. The number of hydrogen-bond acceptors (Lipinski definition) is 2. The first-order valence-electron chi connectivity index (χ1n) is 6.62. The first kappa shape index (κ1) is 14.6. The normalized spacial score (nSPS) is 10.5. The fourth-order valence-electron chi connectivity index (χ4n) is 2.25. The van der Waals surface area contributed by atoms with Gasteiger partial charge in [0, 0.05) is 16.7 Å². The Kier molecular flexibility index (Phi) is 3.89. The minimum Gasteiger partial charge on any atom is -0.230 e. The van der Waals surface area contributed by atoms with E-state index < -0.39 is 0 Å². The molecule has 0 atom stereocenters. The zero-order valence-corrected chi connectivity index (χ0v) is 13.2. The van der Waals surface area contributed by atoms with Crippen molar-refractivity contribution in [2.45, 2.75) is 6.92 Å². The van der Waals surface area contributed by atoms with Crippen LogP contribution in [0.5, 0.6) is 0 Å². The lowest BCUT2D eigenvalue weighted by Crippen LogP contribution is -2.00. The molecule has 0 aliphatic heterocycles. The fourth-order valence-corrected chi connectivity index (χ4v) is 2.59. The van der Waals surface area contributed by atoms with Crippen LogP contribution in [0.1, 0.15) is 11.3 Å². The highest BCUT2D eigenvalue weighted by Crippen LogP contribution is 2.29. The van der Waals surface area contributed by atoms with Crippen LogP contribution in [0.4, 0.5) is 0 Å². The molecule has 108 valence electrons. The number of rotatable bonds is 2. The van der Waals surface area contributed by atoms with E-state index in [2.05, 4.69) is 11.2 Å². The maximum Gasteiger partial charge on any atom is 0.163 e. The molecule has 0 bridgehead atoms. The highest BCUT2D eigenvalue weighted by atomic mass is 35.5. The van der Waals surface area contributed by atoms with E-state index in [1.807, 2.05) is 43.3 Å². The molecule has 0 fully saturated rings. The number of aryl methyl sites for hydroxylation is 1. The molecule has 1 heterocycles. The molecule has 2 aromatic carbocycles. The van der Waals surface area contributed by atoms with Gasteiger partial charge in [0.2, 0.25) is 0 Å². The number of nitriles is 1. The molecule has 3 rings (SSSR count). The summed E-state index contributed by atoms with van der Waals surface area (Å²) >= 11 is 12.3. The molecule has 0 aliphatic rings. The highest BCUT2D eigenvalue weighted by molar-refractivity contribution is 6.32. The van der Waals surface area contributed by atoms with E-state index in [4.69, 9.17) is 28.5 Å². The molecule has 22 heavy (non-hydrogen) atoms. The summed E-state index contributed by atoms with van der Waals surface area (Å²) in [5.74, 6) is 0. The molecule has 0 radical (unpaired) electrons. The van der Waals surface area contributed by atoms with Gasteiger partial charge in [0.1, 0.15) is 6.07 Å². The van der Waals surface area contributed by atoms with Gasteiger partial charge in [-0.2, -0.15) is 10.4 Å². The second-order valence-electron chi connectivity index (χ2n) is 4.85. The summed E-state index contributed by atoms with van der Waals surface area (Å²) in [5, 5.41) is 14.8. The monoisotopic (exact) mass is 327 g/mol. The minimum absolute atomic E-state index is 0.336. The number of hydrogen-bond donors (Lipinski definition) is 0. The number of aromatic nitrogens is 2. The van der Waals surface area contributed by atoms with E-state index in [1.165, 1.54) is 0 Å². The molecule has 0 saturated carbocycles. The summed E-state index contributed by atoms with van der Waals surface area (Å²) in [5.41, 5.74) is 3.75. The van der Waals surface area contributed by atoms with Crippen LogP contribution >= 0.6 is 23.2 Å². The van der Waals surface area contributed by atoms with E-state index in [9.17, 15) is 0 Å². The Labute approximate surface area is 138 Å². The number of benzene rings is 2. The van der Waals surface area contributed by atoms with Crippen LogP contribution in [0.2, 0.25) is 10.0 Å². The van der Waals surface area contributed by atoms with E-state index >= 15 is 0 Å². The number of para-hydroxylation sites is 1. The summed E-state index contributed by atoms with van der Waals surface area (Å²) in [6, 6.07) is 16.9. The van der Waals surface area contributed by atoms with Crippen molar-refractivity contribution in [3.8, 4) is 23.0 Å². The first-order chi connectivity index (χ1) is 10.6. The molecule has 3 nitrogen and oxygen atoms in total. The Balaban J connectivity index is 2.24. The van der Waals surface area contributed by atoms with Gasteiger partial charge in [0.05, 0.1) is 16.4 Å². The quantitative estimate of drug-likeness (QED) is 0.662. The van der Waals surface area contributed by atoms with Crippen LogP contribution in [0, 0.1) is 18.3 Å². The maximum absolute atomic E-state index is 9.16. The minimum atomic E-state index is 0.336. The van der Waals surface area contributed by atoms with Gasteiger partial charge in [-0.05, 0) is 36.8 Å². The summed E-state index contributed by atoms with van der Waals surface area (Å²) in [4.78, 5) is 0. The van der Waals surface area contributed by atoms with Crippen LogP contribution in [0.15, 0.2) is 48.5 Å². The Morgan fingerprint density at radius 1 is 1.05 bits per heavy atom. The van der Waals surface area contributed by atoms with Crippen LogP contribution in [0.3, 0.4) is 0 Å². The van der Waals surface area contributed by atoms with Crippen molar-refractivity contribution >= 4 is 23.2 Å². The van der Waals surface area contributed by atoms with Crippen molar-refractivity contribution in [2.24, 2.45) is 0 Å². The molecule has 0 spiro atoms. The van der Waals surface area contributed by atoms with Gasteiger partial charge in [-0.3, -0.25) is 0 Å². The van der Waals surface area contributed by atoms with E-state index in [0.717, 1.165) is 22.5 Å². The van der Waals surface area contributed by atoms with Crippen molar-refractivity contribution in [1.29, 1.82) is 5.26 Å². The first-order valence-corrected chi connectivity index (χ1v) is 7.37. The zero-order chi connectivity index (χ0) is 15.7. The maximum atomic E-state index is 9.16. The molecule has 0 N–H and O–H groups in total. The summed E-state index contributed by atoms with van der Waals surface area (Å²) in [7, 11) is 0. The third-order valence-corrected chi connectivity index (χ3v) is 4.10. The SMILES string of the molecule is Cc1cc(-c2cc(C#N)nn2-c2ccccc2Cl)ccc1Cl. The van der Waals surface area contributed by atoms with Crippen LogP contribution < -0.4 is 0 Å². The van der Waals surface area contributed by atoms with E-state index in [-0.39, 0.29) is 0 Å². The van der Waals surface area contributed by atoms with E-state index in [0.29, 0.717) is 15.7 Å². The topological polar surface area (TPSA) is 41.6 Å². The molecule has 0 amide bonds. The second-order valence-corrected chi connectivity index (χ2v) is 5.67. The van der Waals surface area contributed by atoms with Gasteiger partial charge in [0.25, 0.3) is 0 Å². The highest BCUT2D eigenvalue weighted by Gasteiger charge is 2.14. The van der Waals surface area contributed by atoms with Crippen LogP contribution in [-0.4, -0.2) is 9.78 Å². The van der Waals surface area contributed by atoms with E-state index in [1.54, 1.807) is 16.8 Å². The van der Waals surface area contributed by atoms with Gasteiger partial charge in [-0.25, -0.2) is 4.68 Å². The molecule has 0 saturated heterocycles. The zero-order valence-electron chi connectivity index (χ0n) is 11.7. The number of nitrogens with zero attached hydrogens (tertiary/aromatic N) is 3. The third-order valence-electron chi connectivity index (χ3n) is 3.36. The van der Waals surface area contributed by atoms with Gasteiger partial charge in [-0.1, -0.05) is 41.4 Å². The largest absolute Gasteiger partial charge is 0.230 e. The lowest BCUT2D eigenvalue weighted by molar-refractivity contribution is 0.880. The molecule has 0 unspecified atom stereocenters. The molecule has 1 aromatic heterocycles. The molecule has 3 aromatic rings. The predicted molar refractivity (Wildman–Crippen MR) is 88.5 cm³/mol. The van der Waals surface area contributed by atoms with Crippen molar-refractivity contribution in [3.05, 3.63) is 69.8 Å². The van der Waals surface area contributed by atoms with Crippen molar-refractivity contribution in [1.82, 2.24) is 9.78 Å². The molecule has 0 aliphatic carbocycles. The van der Waals surface area contributed by atoms with Gasteiger partial charge >= 0.3 is 0 Å². The molecule has 5 heteroatoms. The van der Waals surface area contributed by atoms with Gasteiger partial charge in [-0.15, -0.1) is 0 Å². The van der Waals surface area contributed by atoms with Gasteiger partial charge < -0.3 is 0 Å². The smallest absolute Gasteiger partial charge is 0.163 e. The summed E-state index contributed by atoms with van der Waals surface area (Å²) in [6.07, 6.45) is 0. The van der Waals surface area contributed by atoms with Crippen LogP contribution in [-0.2, 0) is 0 Å².